The molecule has 1 heterocycles. The van der Waals surface area contributed by atoms with Crippen LogP contribution in [0, 0.1) is 10.1 Å². The highest BCUT2D eigenvalue weighted by molar-refractivity contribution is 7.77. The molecular weight excluding hydrogens is 362 g/mol. The van der Waals surface area contributed by atoms with E-state index in [0.29, 0.717) is 6.54 Å². The number of aryl methyl sites for hydroxylation is 1. The summed E-state index contributed by atoms with van der Waals surface area (Å²) in [4.78, 5) is 27.8. The Morgan fingerprint density at radius 3 is 2.67 bits per heavy atom. The van der Waals surface area contributed by atoms with E-state index in [2.05, 4.69) is 18.5 Å². The number of nitro groups is 1. The van der Waals surface area contributed by atoms with Gasteiger partial charge in [-0.25, -0.2) is 0 Å². The van der Waals surface area contributed by atoms with Crippen molar-refractivity contribution in [1.29, 1.82) is 0 Å². The number of pyridine rings is 1. The molecule has 0 radical (unpaired) electrons. The van der Waals surface area contributed by atoms with Gasteiger partial charge in [-0.2, -0.15) is 4.57 Å². The molecule has 140 valence electrons. The van der Waals surface area contributed by atoms with Crippen LogP contribution >= 0.6 is 0 Å². The summed E-state index contributed by atoms with van der Waals surface area (Å²) in [5.74, 6) is -0.343. The second kappa shape index (κ2) is 9.68. The molecule has 0 amide bonds. The molecule has 7 heteroatoms. The van der Waals surface area contributed by atoms with Crippen molar-refractivity contribution in [3.8, 4) is 0 Å². The molecule has 0 bridgehead atoms. The topological polar surface area (TPSA) is 76.4 Å². The van der Waals surface area contributed by atoms with Gasteiger partial charge in [0, 0.05) is 29.8 Å². The number of aromatic nitrogens is 1. The van der Waals surface area contributed by atoms with Gasteiger partial charge in [0.25, 0.3) is 5.69 Å². The van der Waals surface area contributed by atoms with Crippen LogP contribution in [0.1, 0.15) is 35.3 Å². The predicted molar refractivity (Wildman–Crippen MR) is 107 cm³/mol. The third-order valence-corrected chi connectivity index (χ3v) is 4.31. The first kappa shape index (κ1) is 20.4. The number of non-ortho nitro benzene ring substituents is 1. The zero-order valence-electron chi connectivity index (χ0n) is 15.1. The third-order valence-electron chi connectivity index (χ3n) is 3.96. The van der Waals surface area contributed by atoms with Gasteiger partial charge in [-0.05, 0) is 17.0 Å². The van der Waals surface area contributed by atoms with Gasteiger partial charge in [0.1, 0.15) is 0 Å². The number of Topliss-reactive ketones (excluding diaryl/α,β-unsaturated/α-hetero) is 1. The van der Waals surface area contributed by atoms with Crippen molar-refractivity contribution in [3.63, 3.8) is 0 Å². The lowest BCUT2D eigenvalue weighted by Gasteiger charge is -2.18. The first-order valence-electron chi connectivity index (χ1n) is 8.58. The number of rotatable bonds is 9. The Morgan fingerprint density at radius 2 is 2.07 bits per heavy atom. The Bertz CT molecular complexity index is 863. The zero-order valence-corrected chi connectivity index (χ0v) is 15.9. The highest BCUT2D eigenvalue weighted by Crippen LogP contribution is 2.18. The molecule has 0 saturated carbocycles. The van der Waals surface area contributed by atoms with Crippen LogP contribution in [0.2, 0.25) is 0 Å². The summed E-state index contributed by atoms with van der Waals surface area (Å²) < 4.78 is 1.69. The van der Waals surface area contributed by atoms with Crippen LogP contribution < -0.4 is 4.57 Å². The van der Waals surface area contributed by atoms with E-state index in [1.165, 1.54) is 18.2 Å². The van der Waals surface area contributed by atoms with Gasteiger partial charge in [-0.3, -0.25) is 14.9 Å². The maximum Gasteiger partial charge on any atom is 0.270 e. The molecule has 27 heavy (non-hydrogen) atoms. The van der Waals surface area contributed by atoms with E-state index in [1.807, 2.05) is 12.1 Å². The minimum atomic E-state index is -0.849. The van der Waals surface area contributed by atoms with E-state index in [-0.39, 0.29) is 22.1 Å². The largest absolute Gasteiger partial charge is 0.758 e. The Labute approximate surface area is 163 Å². The van der Waals surface area contributed by atoms with Crippen LogP contribution in [0.3, 0.4) is 0 Å². The van der Waals surface area contributed by atoms with Crippen LogP contribution in [0.4, 0.5) is 5.69 Å². The summed E-state index contributed by atoms with van der Waals surface area (Å²) in [7, 11) is 0. The molecule has 0 unspecified atom stereocenters. The van der Waals surface area contributed by atoms with Gasteiger partial charge in [0.15, 0.2) is 12.4 Å². The van der Waals surface area contributed by atoms with E-state index < -0.39 is 11.0 Å². The molecule has 1 aromatic carbocycles. The van der Waals surface area contributed by atoms with Gasteiger partial charge in [0.05, 0.1) is 11.5 Å². The Hall–Kier alpha value is -2.93. The second-order valence-electron chi connectivity index (χ2n) is 5.95. The molecule has 1 aromatic heterocycles. The average Bonchev–Trinajstić information content (AvgIpc) is 2.68. The lowest BCUT2D eigenvalue weighted by atomic mass is 10.0. The van der Waals surface area contributed by atoms with E-state index in [4.69, 9.17) is 12.6 Å². The summed E-state index contributed by atoms with van der Waals surface area (Å²) in [6.45, 7) is 6.00. The number of hydrogen-bond acceptors (Lipinski definition) is 5. The second-order valence-corrected chi connectivity index (χ2v) is 6.36. The van der Waals surface area contributed by atoms with E-state index in [9.17, 15) is 14.9 Å². The monoisotopic (exact) mass is 383 g/mol. The smallest absolute Gasteiger partial charge is 0.270 e. The normalized spacial score (nSPS) is 12.4. The van der Waals surface area contributed by atoms with Gasteiger partial charge in [-0.1, -0.05) is 31.6 Å². The van der Waals surface area contributed by atoms with E-state index >= 15 is 0 Å². The van der Waals surface area contributed by atoms with Crippen molar-refractivity contribution >= 4 is 29.1 Å². The number of carbonyl (C=O) groups excluding carboxylic acids is 1. The average molecular weight is 383 g/mol. The number of aliphatic imine (C=N–C) groups is 1. The van der Waals surface area contributed by atoms with Gasteiger partial charge < -0.3 is 17.6 Å². The van der Waals surface area contributed by atoms with Gasteiger partial charge in [-0.15, -0.1) is 6.58 Å². The molecular formula is C20H21N3O3S. The number of ketones is 1. The first-order chi connectivity index (χ1) is 13.0. The van der Waals surface area contributed by atoms with Gasteiger partial charge >= 0.3 is 0 Å². The molecule has 0 aliphatic heterocycles. The van der Waals surface area contributed by atoms with Crippen LogP contribution in [0.25, 0.3) is 0 Å². The molecule has 0 fully saturated rings. The van der Waals surface area contributed by atoms with E-state index in [0.717, 1.165) is 18.4 Å². The number of nitro benzene ring substituents is 1. The molecule has 0 N–H and O–H groups in total. The van der Waals surface area contributed by atoms with Crippen molar-refractivity contribution in [3.05, 3.63) is 82.7 Å². The SMILES string of the molecule is C=CCN=C([S-])[C@@H](C(=O)c1cccc([N+](=O)[O-])c1)[n+]1ccc(CCC)cc1. The molecule has 0 saturated heterocycles. The summed E-state index contributed by atoms with van der Waals surface area (Å²) >= 11 is 5.38. The first-order valence-corrected chi connectivity index (χ1v) is 8.99. The fraction of sp³-hybridized carbons (Fsp3) is 0.250. The molecule has 2 aromatic rings. The maximum absolute atomic E-state index is 13.1. The van der Waals surface area contributed by atoms with Crippen LogP contribution in [-0.2, 0) is 19.0 Å². The quantitative estimate of drug-likeness (QED) is 0.0972. The number of nitrogens with zero attached hydrogens (tertiary/aromatic N) is 3. The summed E-state index contributed by atoms with van der Waals surface area (Å²) in [6.07, 6.45) is 7.14. The van der Waals surface area contributed by atoms with Crippen molar-refractivity contribution in [2.45, 2.75) is 25.8 Å². The Kier molecular flexibility index (Phi) is 7.31. The zero-order chi connectivity index (χ0) is 19.8. The minimum Gasteiger partial charge on any atom is -0.758 e. The maximum atomic E-state index is 13.1. The summed E-state index contributed by atoms with van der Waals surface area (Å²) in [5.41, 5.74) is 1.23. The fourth-order valence-electron chi connectivity index (χ4n) is 2.64. The minimum absolute atomic E-state index is 0.142. The number of benzene rings is 1. The van der Waals surface area contributed by atoms with Crippen molar-refractivity contribution in [2.24, 2.45) is 4.99 Å². The predicted octanol–water partition coefficient (Wildman–Crippen LogP) is 3.39. The number of hydrogen-bond donors (Lipinski definition) is 0. The molecule has 0 aliphatic carbocycles. The molecule has 1 atom stereocenters. The molecule has 0 aliphatic rings. The number of carbonyl (C=O) groups is 1. The fourth-order valence-corrected chi connectivity index (χ4v) is 2.95. The summed E-state index contributed by atoms with van der Waals surface area (Å²) in [5, 5.41) is 11.2. The van der Waals surface area contributed by atoms with Crippen LogP contribution in [0.5, 0.6) is 0 Å². The third kappa shape index (κ3) is 5.27. The van der Waals surface area contributed by atoms with Crippen LogP contribution in [0.15, 0.2) is 66.4 Å². The molecule has 2 rings (SSSR count). The summed E-state index contributed by atoms with van der Waals surface area (Å²) in [6, 6.07) is 8.67. The lowest BCUT2D eigenvalue weighted by molar-refractivity contribution is -0.692. The standard InChI is InChI=1S/C20H21N3O3S/c1-3-6-15-9-12-22(13-10-15)18(20(27)21-11-4-2)19(24)16-7-5-8-17(14-16)23(25)26/h4-5,7-10,12-14,18H,2-3,6,11H2,1H3/t18-/m1/s1. The van der Waals surface area contributed by atoms with Gasteiger partial charge in [0.2, 0.25) is 11.8 Å². The highest BCUT2D eigenvalue weighted by atomic mass is 32.1. The Morgan fingerprint density at radius 1 is 1.37 bits per heavy atom. The van der Waals surface area contributed by atoms with Crippen molar-refractivity contribution in [1.82, 2.24) is 0 Å². The Balaban J connectivity index is 2.45. The van der Waals surface area contributed by atoms with Crippen molar-refractivity contribution < 1.29 is 14.3 Å². The van der Waals surface area contributed by atoms with Crippen LogP contribution in [-0.4, -0.2) is 22.3 Å². The highest BCUT2D eigenvalue weighted by Gasteiger charge is 2.29. The molecule has 6 nitrogen and oxygen atoms in total. The van der Waals surface area contributed by atoms with E-state index in [1.54, 1.807) is 29.1 Å². The van der Waals surface area contributed by atoms with Crippen molar-refractivity contribution in [2.75, 3.05) is 6.54 Å². The molecule has 0 spiro atoms. The lowest BCUT2D eigenvalue weighted by Crippen LogP contribution is -2.47.